The maximum atomic E-state index is 12.5. The number of hydrogen-bond donors (Lipinski definition) is 0. The molecule has 2 heterocycles. The normalized spacial score (nSPS) is 19.1. The van der Waals surface area contributed by atoms with Crippen molar-refractivity contribution < 1.29 is 9.53 Å². The van der Waals surface area contributed by atoms with E-state index in [1.165, 1.54) is 41.5 Å². The lowest BCUT2D eigenvalue weighted by molar-refractivity contribution is -0.130. The molecule has 1 aromatic carbocycles. The van der Waals surface area contributed by atoms with Crippen molar-refractivity contribution in [2.24, 2.45) is 0 Å². The Labute approximate surface area is 169 Å². The number of thioether (sulfide) groups is 1. The number of rotatable bonds is 5. The van der Waals surface area contributed by atoms with E-state index in [1.54, 1.807) is 11.3 Å². The summed E-state index contributed by atoms with van der Waals surface area (Å²) in [5.41, 5.74) is 3.51. The average Bonchev–Trinajstić information content (AvgIpc) is 3.34. The highest BCUT2D eigenvalue weighted by Gasteiger charge is 2.26. The van der Waals surface area contributed by atoms with Crippen molar-refractivity contribution in [3.05, 3.63) is 23.3 Å². The van der Waals surface area contributed by atoms with Crippen molar-refractivity contribution in [1.82, 2.24) is 9.88 Å². The van der Waals surface area contributed by atoms with Crippen LogP contribution in [-0.4, -0.2) is 46.0 Å². The largest absolute Gasteiger partial charge is 0.467 e. The van der Waals surface area contributed by atoms with E-state index in [-0.39, 0.29) is 6.10 Å². The molecule has 0 unspecified atom stereocenters. The zero-order valence-electron chi connectivity index (χ0n) is 16.2. The van der Waals surface area contributed by atoms with Gasteiger partial charge in [-0.25, -0.2) is 4.98 Å². The molecule has 4 rings (SSSR count). The number of thiazole rings is 1. The van der Waals surface area contributed by atoms with E-state index in [0.29, 0.717) is 16.9 Å². The van der Waals surface area contributed by atoms with Gasteiger partial charge in [-0.2, -0.15) is 0 Å². The van der Waals surface area contributed by atoms with Gasteiger partial charge in [0.05, 0.1) is 16.0 Å². The second-order valence-electron chi connectivity index (χ2n) is 7.77. The highest BCUT2D eigenvalue weighted by Crippen LogP contribution is 2.34. The zero-order valence-corrected chi connectivity index (χ0v) is 17.8. The Morgan fingerprint density at radius 1 is 1.19 bits per heavy atom. The number of ether oxygens (including phenoxy) is 1. The maximum Gasteiger partial charge on any atom is 0.274 e. The van der Waals surface area contributed by atoms with E-state index in [0.717, 1.165) is 36.6 Å². The summed E-state index contributed by atoms with van der Waals surface area (Å²) in [6.45, 7) is 5.83. The molecular formula is C21H28N2O2S2. The first-order chi connectivity index (χ1) is 13.1. The van der Waals surface area contributed by atoms with Gasteiger partial charge in [-0.15, -0.1) is 11.8 Å². The molecule has 27 heavy (non-hydrogen) atoms. The van der Waals surface area contributed by atoms with Gasteiger partial charge in [-0.3, -0.25) is 4.79 Å². The van der Waals surface area contributed by atoms with Crippen LogP contribution in [0.1, 0.15) is 49.7 Å². The number of aryl methyl sites for hydroxylation is 2. The Hall–Kier alpha value is -1.27. The topological polar surface area (TPSA) is 42.4 Å². The Bertz CT molecular complexity index is 767. The van der Waals surface area contributed by atoms with Crippen molar-refractivity contribution in [2.75, 3.05) is 18.8 Å². The van der Waals surface area contributed by atoms with Crippen LogP contribution in [0.4, 0.5) is 0 Å². The SMILES string of the molecule is Cc1ccc(C)c2sc(OC3CCN(C(=O)CSC4CCCC4)CC3)nc12. The average molecular weight is 405 g/mol. The molecule has 0 radical (unpaired) electrons. The Morgan fingerprint density at radius 2 is 1.89 bits per heavy atom. The van der Waals surface area contributed by atoms with E-state index in [2.05, 4.69) is 26.0 Å². The number of benzene rings is 1. The van der Waals surface area contributed by atoms with E-state index < -0.39 is 0 Å². The van der Waals surface area contributed by atoms with Crippen molar-refractivity contribution in [1.29, 1.82) is 0 Å². The molecule has 1 aliphatic carbocycles. The van der Waals surface area contributed by atoms with E-state index in [1.807, 2.05) is 16.7 Å². The molecule has 1 amide bonds. The molecule has 1 saturated carbocycles. The molecule has 0 spiro atoms. The first kappa shape index (κ1) is 19.1. The number of carbonyl (C=O) groups excluding carboxylic acids is 1. The summed E-state index contributed by atoms with van der Waals surface area (Å²) < 4.78 is 7.41. The van der Waals surface area contributed by atoms with Gasteiger partial charge in [0.1, 0.15) is 6.10 Å². The fraction of sp³-hybridized carbons (Fsp3) is 0.619. The van der Waals surface area contributed by atoms with Crippen LogP contribution in [-0.2, 0) is 4.79 Å². The molecule has 1 aromatic heterocycles. The second kappa shape index (κ2) is 8.39. The van der Waals surface area contributed by atoms with Crippen LogP contribution in [0.3, 0.4) is 0 Å². The minimum atomic E-state index is 0.165. The Morgan fingerprint density at radius 3 is 2.59 bits per heavy atom. The van der Waals surface area contributed by atoms with E-state index >= 15 is 0 Å². The van der Waals surface area contributed by atoms with Crippen molar-refractivity contribution >= 4 is 39.2 Å². The standard InChI is InChI=1S/C21H28N2O2S2/c1-14-7-8-15(2)20-19(14)22-21(27-20)25-16-9-11-23(12-10-16)18(24)13-26-17-5-3-4-6-17/h7-8,16-17H,3-6,9-13H2,1-2H3. The zero-order chi connectivity index (χ0) is 18.8. The summed E-state index contributed by atoms with van der Waals surface area (Å²) in [6, 6.07) is 4.27. The molecule has 2 fully saturated rings. The number of carbonyl (C=O) groups is 1. The first-order valence-corrected chi connectivity index (χ1v) is 11.9. The van der Waals surface area contributed by atoms with Gasteiger partial charge in [0.2, 0.25) is 5.91 Å². The lowest BCUT2D eigenvalue weighted by Crippen LogP contribution is -2.42. The van der Waals surface area contributed by atoms with Crippen molar-refractivity contribution in [2.45, 2.75) is 63.7 Å². The lowest BCUT2D eigenvalue weighted by atomic mass is 10.1. The highest BCUT2D eigenvalue weighted by molar-refractivity contribution is 8.00. The van der Waals surface area contributed by atoms with Gasteiger partial charge < -0.3 is 9.64 Å². The van der Waals surface area contributed by atoms with Gasteiger partial charge in [0, 0.05) is 31.2 Å². The minimum Gasteiger partial charge on any atom is -0.467 e. The second-order valence-corrected chi connectivity index (χ2v) is 10.0. The van der Waals surface area contributed by atoms with Crippen LogP contribution in [0.5, 0.6) is 5.19 Å². The van der Waals surface area contributed by atoms with Crippen LogP contribution in [0.25, 0.3) is 10.2 Å². The van der Waals surface area contributed by atoms with Crippen LogP contribution in [0, 0.1) is 13.8 Å². The van der Waals surface area contributed by atoms with Crippen LogP contribution < -0.4 is 4.74 Å². The third-order valence-corrected chi connectivity index (χ3v) is 8.17. The molecule has 0 atom stereocenters. The first-order valence-electron chi connectivity index (χ1n) is 10.0. The van der Waals surface area contributed by atoms with Crippen molar-refractivity contribution in [3.8, 4) is 5.19 Å². The van der Waals surface area contributed by atoms with Gasteiger partial charge in [0.25, 0.3) is 5.19 Å². The van der Waals surface area contributed by atoms with Crippen molar-refractivity contribution in [3.63, 3.8) is 0 Å². The smallest absolute Gasteiger partial charge is 0.274 e. The Balaban J connectivity index is 1.28. The lowest BCUT2D eigenvalue weighted by Gasteiger charge is -2.31. The van der Waals surface area contributed by atoms with Gasteiger partial charge in [-0.05, 0) is 37.8 Å². The monoisotopic (exact) mass is 404 g/mol. The summed E-state index contributed by atoms with van der Waals surface area (Å²) in [4.78, 5) is 19.2. The fourth-order valence-corrected chi connectivity index (χ4v) is 6.25. The third-order valence-electron chi connectivity index (χ3n) is 5.73. The number of nitrogens with zero attached hydrogens (tertiary/aromatic N) is 2. The molecule has 1 saturated heterocycles. The predicted molar refractivity (Wildman–Crippen MR) is 114 cm³/mol. The molecule has 146 valence electrons. The number of amides is 1. The molecule has 0 bridgehead atoms. The third kappa shape index (κ3) is 4.43. The van der Waals surface area contributed by atoms with Crippen LogP contribution in [0.15, 0.2) is 12.1 Å². The molecule has 0 N–H and O–H groups in total. The number of likely N-dealkylation sites (tertiary alicyclic amines) is 1. The van der Waals surface area contributed by atoms with Crippen LogP contribution in [0.2, 0.25) is 0 Å². The molecular weight excluding hydrogens is 376 g/mol. The number of fused-ring (bicyclic) bond motifs is 1. The maximum absolute atomic E-state index is 12.5. The molecule has 2 aromatic rings. The van der Waals surface area contributed by atoms with Gasteiger partial charge in [0.15, 0.2) is 0 Å². The fourth-order valence-electron chi connectivity index (χ4n) is 3.99. The minimum absolute atomic E-state index is 0.165. The quantitative estimate of drug-likeness (QED) is 0.706. The summed E-state index contributed by atoms with van der Waals surface area (Å²) >= 11 is 3.51. The number of aromatic nitrogens is 1. The van der Waals surface area contributed by atoms with E-state index in [9.17, 15) is 4.79 Å². The molecule has 2 aliphatic rings. The molecule has 1 aliphatic heterocycles. The van der Waals surface area contributed by atoms with E-state index in [4.69, 9.17) is 9.72 Å². The summed E-state index contributed by atoms with van der Waals surface area (Å²) in [6.07, 6.45) is 7.20. The van der Waals surface area contributed by atoms with Gasteiger partial charge >= 0.3 is 0 Å². The van der Waals surface area contributed by atoms with Crippen LogP contribution >= 0.6 is 23.1 Å². The molecule has 4 nitrogen and oxygen atoms in total. The van der Waals surface area contributed by atoms with Gasteiger partial charge in [-0.1, -0.05) is 36.3 Å². The molecule has 6 heteroatoms. The summed E-state index contributed by atoms with van der Waals surface area (Å²) in [5, 5.41) is 1.48. The number of hydrogen-bond acceptors (Lipinski definition) is 5. The highest BCUT2D eigenvalue weighted by atomic mass is 32.2. The summed E-state index contributed by atoms with van der Waals surface area (Å²) in [7, 11) is 0. The number of piperidine rings is 1. The predicted octanol–water partition coefficient (Wildman–Crippen LogP) is 4.96. The Kier molecular flexibility index (Phi) is 5.93. The summed E-state index contributed by atoms with van der Waals surface area (Å²) in [5.74, 6) is 0.948.